The zero-order valence-corrected chi connectivity index (χ0v) is 15.7. The van der Waals surface area contributed by atoms with Gasteiger partial charge in [0.05, 0.1) is 11.1 Å². The van der Waals surface area contributed by atoms with E-state index in [1.165, 1.54) is 6.07 Å². The molecule has 1 saturated carbocycles. The molecular weight excluding hydrogens is 363 g/mol. The third-order valence-electron chi connectivity index (χ3n) is 6.12. The van der Waals surface area contributed by atoms with E-state index in [-0.39, 0.29) is 25.0 Å². The summed E-state index contributed by atoms with van der Waals surface area (Å²) in [5.74, 6) is -0.496. The monoisotopic (exact) mass is 386 g/mol. The van der Waals surface area contributed by atoms with Crippen molar-refractivity contribution in [2.24, 2.45) is 11.3 Å². The first-order valence-corrected chi connectivity index (χ1v) is 9.45. The zero-order valence-electron chi connectivity index (χ0n) is 15.7. The number of carboxylic acids is 1. The number of nitrogens with one attached hydrogen (secondary N) is 1. The summed E-state index contributed by atoms with van der Waals surface area (Å²) in [5, 5.41) is 12.4. The average Bonchev–Trinajstić information content (AvgIpc) is 3.34. The van der Waals surface area contributed by atoms with Crippen LogP contribution in [0.25, 0.3) is 5.69 Å². The quantitative estimate of drug-likeness (QED) is 0.846. The van der Waals surface area contributed by atoms with E-state index in [1.54, 1.807) is 40.9 Å². The smallest absolute Gasteiger partial charge is 0.317 e. The van der Waals surface area contributed by atoms with Crippen molar-refractivity contribution in [3.63, 3.8) is 0 Å². The van der Waals surface area contributed by atoms with Gasteiger partial charge in [0, 0.05) is 32.0 Å². The number of amides is 2. The number of carboxylic acid groups (broad SMARTS) is 1. The Morgan fingerprint density at radius 2 is 2.25 bits per heavy atom. The molecule has 7 nitrogen and oxygen atoms in total. The van der Waals surface area contributed by atoms with Crippen molar-refractivity contribution < 1.29 is 19.1 Å². The van der Waals surface area contributed by atoms with Crippen LogP contribution < -0.4 is 5.32 Å². The minimum atomic E-state index is -0.808. The van der Waals surface area contributed by atoms with Gasteiger partial charge in [0.2, 0.25) is 0 Å². The average molecular weight is 386 g/mol. The van der Waals surface area contributed by atoms with Gasteiger partial charge in [-0.1, -0.05) is 12.5 Å². The Balaban J connectivity index is 1.40. The number of urea groups is 1. The largest absolute Gasteiger partial charge is 0.481 e. The summed E-state index contributed by atoms with van der Waals surface area (Å²) in [6, 6.07) is 4.51. The van der Waals surface area contributed by atoms with Gasteiger partial charge in [0.1, 0.15) is 11.6 Å². The maximum atomic E-state index is 14.5. The number of aryl methyl sites for hydroxylation is 1. The van der Waals surface area contributed by atoms with Gasteiger partial charge in [-0.15, -0.1) is 0 Å². The molecule has 8 heteroatoms. The fraction of sp³-hybridized carbons (Fsp3) is 0.450. The van der Waals surface area contributed by atoms with Crippen molar-refractivity contribution in [1.82, 2.24) is 19.8 Å². The van der Waals surface area contributed by atoms with Crippen LogP contribution in [0.15, 0.2) is 30.6 Å². The Labute approximate surface area is 162 Å². The lowest BCUT2D eigenvalue weighted by Gasteiger charge is -2.23. The van der Waals surface area contributed by atoms with Gasteiger partial charge in [0.25, 0.3) is 0 Å². The van der Waals surface area contributed by atoms with Crippen molar-refractivity contribution in [3.8, 4) is 5.69 Å². The second-order valence-corrected chi connectivity index (χ2v) is 7.72. The molecule has 2 N–H and O–H groups in total. The standard InChI is InChI=1S/C20H23FN4O3/c1-13-22-7-8-25(13)17-5-4-14(9-16(17)21)10-23-19(28)24-11-15-3-2-6-20(15,12-24)18(26)27/h4-5,7-9,15H,2-3,6,10-12H2,1H3,(H,23,28)(H,26,27)/t15-,20+/m0/s1. The van der Waals surface area contributed by atoms with E-state index in [0.29, 0.717) is 30.0 Å². The molecule has 2 fully saturated rings. The molecular formula is C20H23FN4O3. The number of hydrogen-bond acceptors (Lipinski definition) is 3. The highest BCUT2D eigenvalue weighted by atomic mass is 19.1. The molecule has 4 rings (SSSR count). The fourth-order valence-corrected chi connectivity index (χ4v) is 4.57. The molecule has 0 bridgehead atoms. The van der Waals surface area contributed by atoms with Crippen LogP contribution in [0.4, 0.5) is 9.18 Å². The number of carbonyl (C=O) groups excluding carboxylic acids is 1. The van der Waals surface area contributed by atoms with Crippen molar-refractivity contribution in [2.45, 2.75) is 32.7 Å². The number of nitrogens with zero attached hydrogens (tertiary/aromatic N) is 3. The SMILES string of the molecule is Cc1nccn1-c1ccc(CNC(=O)N2C[C@@H]3CCC[C@@]3(C(=O)O)C2)cc1F. The predicted molar refractivity (Wildman–Crippen MR) is 99.5 cm³/mol. The molecule has 0 radical (unpaired) electrons. The van der Waals surface area contributed by atoms with E-state index < -0.39 is 17.2 Å². The number of hydrogen-bond donors (Lipinski definition) is 2. The molecule has 1 aliphatic heterocycles. The van der Waals surface area contributed by atoms with Crippen LogP contribution in [0, 0.1) is 24.1 Å². The highest BCUT2D eigenvalue weighted by molar-refractivity contribution is 5.80. The molecule has 2 heterocycles. The molecule has 2 amide bonds. The van der Waals surface area contributed by atoms with Gasteiger partial charge < -0.3 is 19.9 Å². The van der Waals surface area contributed by atoms with Crippen molar-refractivity contribution >= 4 is 12.0 Å². The third-order valence-corrected chi connectivity index (χ3v) is 6.12. The van der Waals surface area contributed by atoms with E-state index in [4.69, 9.17) is 0 Å². The number of imidazole rings is 1. The second-order valence-electron chi connectivity index (χ2n) is 7.72. The van der Waals surface area contributed by atoms with Crippen molar-refractivity contribution in [1.29, 1.82) is 0 Å². The third kappa shape index (κ3) is 3.02. The molecule has 2 atom stereocenters. The summed E-state index contributed by atoms with van der Waals surface area (Å²) >= 11 is 0. The van der Waals surface area contributed by atoms with E-state index in [2.05, 4.69) is 10.3 Å². The van der Waals surface area contributed by atoms with Gasteiger partial charge in [-0.2, -0.15) is 0 Å². The molecule has 1 saturated heterocycles. The highest BCUT2D eigenvalue weighted by Crippen LogP contribution is 2.48. The van der Waals surface area contributed by atoms with Crippen LogP contribution >= 0.6 is 0 Å². The minimum Gasteiger partial charge on any atom is -0.481 e. The number of aromatic nitrogens is 2. The lowest BCUT2D eigenvalue weighted by molar-refractivity contribution is -0.149. The summed E-state index contributed by atoms with van der Waals surface area (Å²) in [7, 11) is 0. The van der Waals surface area contributed by atoms with Crippen LogP contribution in [0.1, 0.15) is 30.7 Å². The van der Waals surface area contributed by atoms with E-state index in [9.17, 15) is 19.1 Å². The lowest BCUT2D eigenvalue weighted by atomic mass is 9.81. The fourth-order valence-electron chi connectivity index (χ4n) is 4.57. The molecule has 28 heavy (non-hydrogen) atoms. The number of likely N-dealkylation sites (tertiary alicyclic amines) is 1. The van der Waals surface area contributed by atoms with Crippen LogP contribution in [0.5, 0.6) is 0 Å². The summed E-state index contributed by atoms with van der Waals surface area (Å²) in [6.45, 7) is 2.68. The first-order chi connectivity index (χ1) is 13.4. The van der Waals surface area contributed by atoms with Gasteiger partial charge in [0.15, 0.2) is 0 Å². The topological polar surface area (TPSA) is 87.5 Å². The zero-order chi connectivity index (χ0) is 19.9. The van der Waals surface area contributed by atoms with Crippen LogP contribution in [0.2, 0.25) is 0 Å². The van der Waals surface area contributed by atoms with Crippen LogP contribution in [0.3, 0.4) is 0 Å². The van der Waals surface area contributed by atoms with Crippen LogP contribution in [-0.2, 0) is 11.3 Å². The summed E-state index contributed by atoms with van der Waals surface area (Å²) in [5.41, 5.74) is 0.244. The number of halogens is 1. The molecule has 0 spiro atoms. The van der Waals surface area contributed by atoms with Crippen LogP contribution in [-0.4, -0.2) is 44.6 Å². The Bertz CT molecular complexity index is 928. The van der Waals surface area contributed by atoms with E-state index in [0.717, 1.165) is 12.8 Å². The Hall–Kier alpha value is -2.90. The maximum absolute atomic E-state index is 14.5. The lowest BCUT2D eigenvalue weighted by Crippen LogP contribution is -2.41. The summed E-state index contributed by atoms with van der Waals surface area (Å²) < 4.78 is 16.1. The van der Waals surface area contributed by atoms with Crippen molar-refractivity contribution in [3.05, 3.63) is 47.8 Å². The predicted octanol–water partition coefficient (Wildman–Crippen LogP) is 2.72. The highest BCUT2D eigenvalue weighted by Gasteiger charge is 2.55. The number of benzene rings is 1. The molecule has 1 aromatic carbocycles. The summed E-state index contributed by atoms with van der Waals surface area (Å²) in [4.78, 5) is 29.9. The number of aliphatic carboxylic acids is 1. The Morgan fingerprint density at radius 1 is 1.43 bits per heavy atom. The molecule has 2 aliphatic rings. The first kappa shape index (κ1) is 18.5. The Kier molecular flexibility index (Phi) is 4.56. The van der Waals surface area contributed by atoms with Gasteiger partial charge in [-0.05, 0) is 43.4 Å². The minimum absolute atomic E-state index is 0.0193. The van der Waals surface area contributed by atoms with E-state index >= 15 is 0 Å². The summed E-state index contributed by atoms with van der Waals surface area (Å²) in [6.07, 6.45) is 5.66. The first-order valence-electron chi connectivity index (χ1n) is 9.45. The maximum Gasteiger partial charge on any atom is 0.317 e. The van der Waals surface area contributed by atoms with E-state index in [1.807, 2.05) is 0 Å². The molecule has 0 unspecified atom stereocenters. The van der Waals surface area contributed by atoms with Gasteiger partial charge >= 0.3 is 12.0 Å². The number of fused-ring (bicyclic) bond motifs is 1. The Morgan fingerprint density at radius 3 is 2.89 bits per heavy atom. The second kappa shape index (κ2) is 6.92. The molecule has 2 aromatic rings. The van der Waals surface area contributed by atoms with Crippen molar-refractivity contribution in [2.75, 3.05) is 13.1 Å². The number of carbonyl (C=O) groups is 2. The van der Waals surface area contributed by atoms with Gasteiger partial charge in [-0.25, -0.2) is 14.2 Å². The molecule has 1 aliphatic carbocycles. The number of rotatable bonds is 4. The normalized spacial score (nSPS) is 23.6. The molecule has 1 aromatic heterocycles. The van der Waals surface area contributed by atoms with Gasteiger partial charge in [-0.3, -0.25) is 4.79 Å². The molecule has 148 valence electrons.